The molecule has 1 aliphatic carbocycles. The molecule has 1 saturated carbocycles. The van der Waals surface area contributed by atoms with Crippen LogP contribution in [-0.4, -0.2) is 57.7 Å². The summed E-state index contributed by atoms with van der Waals surface area (Å²) in [6, 6.07) is 9.99. The summed E-state index contributed by atoms with van der Waals surface area (Å²) in [4.78, 5) is 27.3. The molecule has 2 spiro atoms. The third-order valence-electron chi connectivity index (χ3n) is 5.43. The molecule has 6 heteroatoms. The second-order valence-corrected chi connectivity index (χ2v) is 7.20. The van der Waals surface area contributed by atoms with Crippen molar-refractivity contribution in [2.75, 3.05) is 19.6 Å². The van der Waals surface area contributed by atoms with E-state index in [9.17, 15) is 9.59 Å². The van der Waals surface area contributed by atoms with Crippen molar-refractivity contribution in [3.8, 4) is 0 Å². The Bertz CT molecular complexity index is 648. The van der Waals surface area contributed by atoms with E-state index < -0.39 is 17.3 Å². The minimum Gasteiger partial charge on any atom is -0.465 e. The van der Waals surface area contributed by atoms with E-state index in [1.165, 1.54) is 4.90 Å². The standard InChI is InChI=1S/C18H22N2O4/c21-15-18(6-7-18)24-17(8-10-19(11-9-17)16(22)23)13-20(15)12-14-4-2-1-3-5-14/h1-5H,6-13H2,(H,22,23). The average molecular weight is 330 g/mol. The number of carboxylic acid groups (broad SMARTS) is 1. The molecule has 2 saturated heterocycles. The number of piperidine rings is 1. The highest BCUT2D eigenvalue weighted by molar-refractivity contribution is 5.89. The lowest BCUT2D eigenvalue weighted by Crippen LogP contribution is -2.63. The molecular weight excluding hydrogens is 308 g/mol. The first-order valence-corrected chi connectivity index (χ1v) is 8.53. The van der Waals surface area contributed by atoms with Crippen LogP contribution in [-0.2, 0) is 16.1 Å². The van der Waals surface area contributed by atoms with E-state index in [1.54, 1.807) is 0 Å². The lowest BCUT2D eigenvalue weighted by molar-refractivity contribution is -0.200. The fraction of sp³-hybridized carbons (Fsp3) is 0.556. The van der Waals surface area contributed by atoms with Crippen LogP contribution in [0.25, 0.3) is 0 Å². The zero-order valence-electron chi connectivity index (χ0n) is 13.6. The second-order valence-electron chi connectivity index (χ2n) is 7.20. The molecule has 3 aliphatic rings. The molecule has 0 atom stereocenters. The summed E-state index contributed by atoms with van der Waals surface area (Å²) in [5.41, 5.74) is 0.0745. The monoisotopic (exact) mass is 330 g/mol. The van der Waals surface area contributed by atoms with Gasteiger partial charge in [0.2, 0.25) is 0 Å². The Morgan fingerprint density at radius 1 is 1.12 bits per heavy atom. The van der Waals surface area contributed by atoms with Crippen molar-refractivity contribution in [3.05, 3.63) is 35.9 Å². The van der Waals surface area contributed by atoms with E-state index in [0.717, 1.165) is 18.4 Å². The zero-order valence-corrected chi connectivity index (χ0v) is 13.6. The number of hydrogen-bond acceptors (Lipinski definition) is 3. The Morgan fingerprint density at radius 2 is 1.79 bits per heavy atom. The summed E-state index contributed by atoms with van der Waals surface area (Å²) < 4.78 is 6.31. The van der Waals surface area contributed by atoms with Gasteiger partial charge in [-0.15, -0.1) is 0 Å². The molecular formula is C18H22N2O4. The molecule has 128 valence electrons. The summed E-state index contributed by atoms with van der Waals surface area (Å²) in [5, 5.41) is 9.15. The molecule has 6 nitrogen and oxygen atoms in total. The number of carbonyl (C=O) groups excluding carboxylic acids is 1. The van der Waals surface area contributed by atoms with E-state index in [2.05, 4.69) is 0 Å². The molecule has 0 unspecified atom stereocenters. The third kappa shape index (κ3) is 2.65. The molecule has 1 N–H and O–H groups in total. The van der Waals surface area contributed by atoms with Gasteiger partial charge in [0, 0.05) is 19.6 Å². The predicted molar refractivity (Wildman–Crippen MR) is 86.5 cm³/mol. The lowest BCUT2D eigenvalue weighted by Gasteiger charge is -2.49. The van der Waals surface area contributed by atoms with Crippen LogP contribution >= 0.6 is 0 Å². The number of ether oxygens (including phenoxy) is 1. The number of rotatable bonds is 2. The van der Waals surface area contributed by atoms with Crippen molar-refractivity contribution in [2.45, 2.75) is 43.4 Å². The first-order chi connectivity index (χ1) is 11.5. The number of carbonyl (C=O) groups is 2. The molecule has 0 radical (unpaired) electrons. The molecule has 3 fully saturated rings. The van der Waals surface area contributed by atoms with Gasteiger partial charge in [-0.25, -0.2) is 4.79 Å². The molecule has 2 aliphatic heterocycles. The van der Waals surface area contributed by atoms with Crippen molar-refractivity contribution in [2.24, 2.45) is 0 Å². The molecule has 2 heterocycles. The highest BCUT2D eigenvalue weighted by atomic mass is 16.5. The number of morpholine rings is 1. The van der Waals surface area contributed by atoms with Gasteiger partial charge >= 0.3 is 6.09 Å². The van der Waals surface area contributed by atoms with Gasteiger partial charge in [0.25, 0.3) is 5.91 Å². The lowest BCUT2D eigenvalue weighted by atomic mass is 9.88. The quantitative estimate of drug-likeness (QED) is 0.901. The maximum absolute atomic E-state index is 12.8. The summed E-state index contributed by atoms with van der Waals surface area (Å²) in [7, 11) is 0. The van der Waals surface area contributed by atoms with Gasteiger partial charge in [0.05, 0.1) is 12.1 Å². The normalized spacial score (nSPS) is 24.4. The van der Waals surface area contributed by atoms with Crippen LogP contribution in [0.2, 0.25) is 0 Å². The average Bonchev–Trinajstić information content (AvgIpc) is 3.34. The predicted octanol–water partition coefficient (Wildman–Crippen LogP) is 2.09. The van der Waals surface area contributed by atoms with E-state index in [1.807, 2.05) is 35.2 Å². The first-order valence-electron chi connectivity index (χ1n) is 8.53. The molecule has 24 heavy (non-hydrogen) atoms. The molecule has 0 bridgehead atoms. The number of hydrogen-bond donors (Lipinski definition) is 1. The van der Waals surface area contributed by atoms with Crippen molar-refractivity contribution in [1.82, 2.24) is 9.80 Å². The molecule has 0 aromatic heterocycles. The van der Waals surface area contributed by atoms with E-state index in [-0.39, 0.29) is 5.91 Å². The Kier molecular flexibility index (Phi) is 3.53. The van der Waals surface area contributed by atoms with Gasteiger partial charge in [-0.3, -0.25) is 4.79 Å². The van der Waals surface area contributed by atoms with Crippen LogP contribution in [0.3, 0.4) is 0 Å². The van der Waals surface area contributed by atoms with Crippen LogP contribution < -0.4 is 0 Å². The second kappa shape index (κ2) is 5.48. The first kappa shape index (κ1) is 15.4. The maximum atomic E-state index is 12.8. The highest BCUT2D eigenvalue weighted by Crippen LogP contribution is 2.50. The Labute approximate surface area is 141 Å². The molecule has 1 aromatic rings. The Hall–Kier alpha value is -2.08. The van der Waals surface area contributed by atoms with Crippen LogP contribution in [0.5, 0.6) is 0 Å². The van der Waals surface area contributed by atoms with Crippen LogP contribution in [0.4, 0.5) is 4.79 Å². The minimum atomic E-state index is -0.876. The summed E-state index contributed by atoms with van der Waals surface area (Å²) in [6.45, 7) is 2.09. The summed E-state index contributed by atoms with van der Waals surface area (Å²) in [5.74, 6) is 0.0950. The van der Waals surface area contributed by atoms with Crippen molar-refractivity contribution < 1.29 is 19.4 Å². The number of benzene rings is 1. The van der Waals surface area contributed by atoms with E-state index in [0.29, 0.717) is 39.0 Å². The molecule has 2 amide bonds. The van der Waals surface area contributed by atoms with Gasteiger partial charge in [-0.1, -0.05) is 30.3 Å². The third-order valence-corrected chi connectivity index (χ3v) is 5.43. The van der Waals surface area contributed by atoms with Gasteiger partial charge in [0.15, 0.2) is 0 Å². The fourth-order valence-corrected chi connectivity index (χ4v) is 3.92. The minimum absolute atomic E-state index is 0.0950. The maximum Gasteiger partial charge on any atom is 0.407 e. The van der Waals surface area contributed by atoms with E-state index in [4.69, 9.17) is 9.84 Å². The fourth-order valence-electron chi connectivity index (χ4n) is 3.92. The van der Waals surface area contributed by atoms with Crippen molar-refractivity contribution in [1.29, 1.82) is 0 Å². The van der Waals surface area contributed by atoms with Crippen molar-refractivity contribution in [3.63, 3.8) is 0 Å². The van der Waals surface area contributed by atoms with Gasteiger partial charge in [0.1, 0.15) is 5.60 Å². The SMILES string of the molecule is O=C(O)N1CCC2(CC1)CN(Cc1ccccc1)C(=O)C1(CC1)O2. The zero-order chi connectivity index (χ0) is 16.8. The largest absolute Gasteiger partial charge is 0.465 e. The molecule has 4 rings (SSSR count). The summed E-state index contributed by atoms with van der Waals surface area (Å²) >= 11 is 0. The highest BCUT2D eigenvalue weighted by Gasteiger charge is 2.61. The van der Waals surface area contributed by atoms with Gasteiger partial charge in [-0.2, -0.15) is 0 Å². The van der Waals surface area contributed by atoms with E-state index >= 15 is 0 Å². The van der Waals surface area contributed by atoms with Gasteiger partial charge in [-0.05, 0) is 31.2 Å². The van der Waals surface area contributed by atoms with Crippen molar-refractivity contribution >= 4 is 12.0 Å². The van der Waals surface area contributed by atoms with Crippen LogP contribution in [0.15, 0.2) is 30.3 Å². The Morgan fingerprint density at radius 3 is 2.38 bits per heavy atom. The van der Waals surface area contributed by atoms with Crippen LogP contribution in [0.1, 0.15) is 31.2 Å². The topological polar surface area (TPSA) is 70.1 Å². The molecule has 1 aromatic carbocycles. The number of nitrogens with zero attached hydrogens (tertiary/aromatic N) is 2. The van der Waals surface area contributed by atoms with Crippen LogP contribution in [0, 0.1) is 0 Å². The summed E-state index contributed by atoms with van der Waals surface area (Å²) in [6.07, 6.45) is 1.99. The van der Waals surface area contributed by atoms with Gasteiger partial charge < -0.3 is 19.6 Å². The Balaban J connectivity index is 1.53. The number of amides is 2. The number of likely N-dealkylation sites (tertiary alicyclic amines) is 1. The smallest absolute Gasteiger partial charge is 0.407 e.